The molecule has 0 bridgehead atoms. The summed E-state index contributed by atoms with van der Waals surface area (Å²) in [4.78, 5) is 13.7. The van der Waals surface area contributed by atoms with Crippen LogP contribution in [0.25, 0.3) is 5.57 Å². The third kappa shape index (κ3) is 4.39. The molecule has 1 heterocycles. The number of fused-ring (bicyclic) bond motifs is 1. The second kappa shape index (κ2) is 8.40. The zero-order valence-electron chi connectivity index (χ0n) is 17.4. The van der Waals surface area contributed by atoms with Gasteiger partial charge in [-0.25, -0.2) is 8.42 Å². The van der Waals surface area contributed by atoms with Gasteiger partial charge in [0.25, 0.3) is 0 Å². The molecule has 1 aliphatic rings. The molecular formula is C25H23NO4S. The minimum atomic E-state index is -3.45. The van der Waals surface area contributed by atoms with Crippen LogP contribution in [0, 0.1) is 0 Å². The fraction of sp³-hybridized carbons (Fsp3) is 0.160. The Morgan fingerprint density at radius 1 is 1.00 bits per heavy atom. The lowest BCUT2D eigenvalue weighted by Gasteiger charge is -2.31. The number of ether oxygens (including phenoxy) is 1. The van der Waals surface area contributed by atoms with E-state index >= 15 is 0 Å². The molecule has 1 atom stereocenters. The minimum absolute atomic E-state index is 0.187. The third-order valence-electron chi connectivity index (χ3n) is 5.34. The second-order valence-corrected chi connectivity index (χ2v) is 9.63. The number of nitrogens with zero attached hydrogens (tertiary/aromatic N) is 1. The van der Waals surface area contributed by atoms with Crippen molar-refractivity contribution in [3.63, 3.8) is 0 Å². The monoisotopic (exact) mass is 433 g/mol. The van der Waals surface area contributed by atoms with E-state index in [2.05, 4.69) is 0 Å². The van der Waals surface area contributed by atoms with Gasteiger partial charge in [0.1, 0.15) is 24.7 Å². The van der Waals surface area contributed by atoms with Gasteiger partial charge in [-0.05, 0) is 40.5 Å². The van der Waals surface area contributed by atoms with Crippen LogP contribution in [-0.4, -0.2) is 32.9 Å². The van der Waals surface area contributed by atoms with Crippen LogP contribution in [0.4, 0.5) is 0 Å². The maximum atomic E-state index is 12.4. The van der Waals surface area contributed by atoms with Crippen LogP contribution in [0.5, 0.6) is 5.75 Å². The Morgan fingerprint density at radius 3 is 2.42 bits per heavy atom. The summed E-state index contributed by atoms with van der Waals surface area (Å²) >= 11 is 0. The smallest absolute Gasteiger partial charge is 0.175 e. The number of rotatable bonds is 6. The lowest BCUT2D eigenvalue weighted by molar-refractivity contribution is -0.111. The molecule has 3 aromatic carbocycles. The molecule has 158 valence electrons. The largest absolute Gasteiger partial charge is 0.489 e. The Bertz CT molecular complexity index is 1250. The second-order valence-electron chi connectivity index (χ2n) is 7.62. The average molecular weight is 434 g/mol. The fourth-order valence-corrected chi connectivity index (χ4v) is 4.41. The lowest BCUT2D eigenvalue weighted by Crippen LogP contribution is -2.25. The van der Waals surface area contributed by atoms with E-state index in [4.69, 9.17) is 4.74 Å². The number of sulfone groups is 1. The van der Waals surface area contributed by atoms with E-state index in [9.17, 15) is 13.2 Å². The molecule has 0 fully saturated rings. The van der Waals surface area contributed by atoms with Crippen molar-refractivity contribution in [3.05, 3.63) is 101 Å². The van der Waals surface area contributed by atoms with Crippen molar-refractivity contribution in [1.82, 2.24) is 4.90 Å². The van der Waals surface area contributed by atoms with Crippen molar-refractivity contribution < 1.29 is 17.9 Å². The number of carbonyl (C=O) groups is 1. The highest BCUT2D eigenvalue weighted by Crippen LogP contribution is 2.38. The molecule has 0 N–H and O–H groups in total. The molecule has 1 unspecified atom stereocenters. The average Bonchev–Trinajstić information content (AvgIpc) is 2.77. The van der Waals surface area contributed by atoms with E-state index in [0.29, 0.717) is 12.4 Å². The molecule has 5 nitrogen and oxygen atoms in total. The van der Waals surface area contributed by atoms with Crippen molar-refractivity contribution >= 4 is 21.7 Å². The van der Waals surface area contributed by atoms with E-state index in [1.54, 1.807) is 12.1 Å². The van der Waals surface area contributed by atoms with Gasteiger partial charge in [-0.15, -0.1) is 0 Å². The molecule has 0 radical (unpaired) electrons. The quantitative estimate of drug-likeness (QED) is 0.544. The normalized spacial score (nSPS) is 15.7. The minimum Gasteiger partial charge on any atom is -0.489 e. The summed E-state index contributed by atoms with van der Waals surface area (Å²) in [6.45, 7) is 0.330. The predicted molar refractivity (Wildman–Crippen MR) is 120 cm³/mol. The summed E-state index contributed by atoms with van der Waals surface area (Å²) < 4.78 is 30.7. The SMILES string of the molecule is CN1C=C(c2cc(OCc3ccccc3)cc(S(C)(=O)=O)c2)c2ccccc2C1C=O. The Balaban J connectivity index is 1.80. The predicted octanol–water partition coefficient (Wildman–Crippen LogP) is 4.24. The molecule has 6 heteroatoms. The molecule has 4 rings (SSSR count). The van der Waals surface area contributed by atoms with Crippen LogP contribution < -0.4 is 4.74 Å². The molecule has 0 spiro atoms. The zero-order valence-corrected chi connectivity index (χ0v) is 18.2. The van der Waals surface area contributed by atoms with Gasteiger partial charge in [0.2, 0.25) is 0 Å². The maximum Gasteiger partial charge on any atom is 0.175 e. The maximum absolute atomic E-state index is 12.4. The van der Waals surface area contributed by atoms with Gasteiger partial charge in [-0.1, -0.05) is 54.6 Å². The Labute approximate surface area is 182 Å². The first kappa shape index (κ1) is 20.9. The molecule has 0 aromatic heterocycles. The van der Waals surface area contributed by atoms with Crippen LogP contribution in [0.15, 0.2) is 83.9 Å². The van der Waals surface area contributed by atoms with E-state index in [1.165, 1.54) is 6.26 Å². The van der Waals surface area contributed by atoms with Gasteiger partial charge >= 0.3 is 0 Å². The zero-order chi connectivity index (χ0) is 22.0. The van der Waals surface area contributed by atoms with Gasteiger partial charge in [-0.2, -0.15) is 0 Å². The van der Waals surface area contributed by atoms with Crippen molar-refractivity contribution in [2.75, 3.05) is 13.3 Å². The van der Waals surface area contributed by atoms with Gasteiger partial charge in [-0.3, -0.25) is 0 Å². The van der Waals surface area contributed by atoms with E-state index in [0.717, 1.165) is 34.1 Å². The first-order chi connectivity index (χ1) is 14.9. The third-order valence-corrected chi connectivity index (χ3v) is 6.43. The van der Waals surface area contributed by atoms with Gasteiger partial charge < -0.3 is 14.4 Å². The summed E-state index contributed by atoms with van der Waals surface area (Å²) in [5, 5.41) is 0. The van der Waals surface area contributed by atoms with Crippen molar-refractivity contribution in [3.8, 4) is 5.75 Å². The summed E-state index contributed by atoms with van der Waals surface area (Å²) in [6.07, 6.45) is 3.97. The van der Waals surface area contributed by atoms with Crippen molar-refractivity contribution in [1.29, 1.82) is 0 Å². The van der Waals surface area contributed by atoms with Crippen LogP contribution in [0.1, 0.15) is 28.3 Å². The van der Waals surface area contributed by atoms with Gasteiger partial charge in [0.15, 0.2) is 9.84 Å². The molecule has 31 heavy (non-hydrogen) atoms. The summed E-state index contributed by atoms with van der Waals surface area (Å²) in [6, 6.07) is 22.0. The van der Waals surface area contributed by atoms with Gasteiger partial charge in [0, 0.05) is 25.1 Å². The number of likely N-dealkylation sites (N-methyl/N-ethyl adjacent to an activating group) is 1. The lowest BCUT2D eigenvalue weighted by atomic mass is 9.88. The summed E-state index contributed by atoms with van der Waals surface area (Å²) in [7, 11) is -1.62. The van der Waals surface area contributed by atoms with Gasteiger partial charge in [0.05, 0.1) is 4.90 Å². The number of benzene rings is 3. The topological polar surface area (TPSA) is 63.7 Å². The highest BCUT2D eigenvalue weighted by molar-refractivity contribution is 7.90. The van der Waals surface area contributed by atoms with Crippen LogP contribution in [0.2, 0.25) is 0 Å². The molecule has 0 aliphatic carbocycles. The molecule has 0 saturated heterocycles. The van der Waals surface area contributed by atoms with Crippen molar-refractivity contribution in [2.45, 2.75) is 17.5 Å². The Morgan fingerprint density at radius 2 is 1.71 bits per heavy atom. The summed E-state index contributed by atoms with van der Waals surface area (Å²) in [5.74, 6) is 0.473. The van der Waals surface area contributed by atoms with Crippen LogP contribution in [-0.2, 0) is 21.2 Å². The van der Waals surface area contributed by atoms with Crippen molar-refractivity contribution in [2.24, 2.45) is 0 Å². The van der Waals surface area contributed by atoms with Crippen LogP contribution in [0.3, 0.4) is 0 Å². The first-order valence-electron chi connectivity index (χ1n) is 9.87. The number of hydrogen-bond acceptors (Lipinski definition) is 5. The summed E-state index contributed by atoms with van der Waals surface area (Å²) in [5.41, 5.74) is 4.33. The van der Waals surface area contributed by atoms with Crippen LogP contribution >= 0.6 is 0 Å². The molecule has 0 saturated carbocycles. The molecule has 3 aromatic rings. The number of carbonyl (C=O) groups excluding carboxylic acids is 1. The van der Waals surface area contributed by atoms with E-state index in [-0.39, 0.29) is 10.9 Å². The molecule has 1 aliphatic heterocycles. The number of hydrogen-bond donors (Lipinski definition) is 0. The van der Waals surface area contributed by atoms with E-state index < -0.39 is 9.84 Å². The van der Waals surface area contributed by atoms with E-state index in [1.807, 2.05) is 78.8 Å². The fourth-order valence-electron chi connectivity index (χ4n) is 3.74. The molecular weight excluding hydrogens is 410 g/mol. The number of aldehydes is 1. The Hall–Kier alpha value is -3.38. The molecule has 0 amide bonds. The highest BCUT2D eigenvalue weighted by Gasteiger charge is 2.26. The Kier molecular flexibility index (Phi) is 5.65. The first-order valence-corrected chi connectivity index (χ1v) is 11.8. The highest BCUT2D eigenvalue weighted by atomic mass is 32.2. The standard InChI is InChI=1S/C25H23NO4S/c1-26-15-24(22-10-6-7-11-23(22)25(26)16-27)19-12-20(14-21(13-19)31(2,28)29)30-17-18-8-4-3-5-9-18/h3-16,25H,17H2,1-2H3.